The van der Waals surface area contributed by atoms with Crippen LogP contribution in [0.4, 0.5) is 17.6 Å². The van der Waals surface area contributed by atoms with Crippen LogP contribution in [0.1, 0.15) is 21.6 Å². The van der Waals surface area contributed by atoms with Gasteiger partial charge < -0.3 is 5.11 Å². The van der Waals surface area contributed by atoms with E-state index in [0.29, 0.717) is 33.6 Å². The zero-order chi connectivity index (χ0) is 20.8. The number of aromatic nitrogens is 1. The van der Waals surface area contributed by atoms with Crippen LogP contribution in [0.5, 0.6) is 5.88 Å². The van der Waals surface area contributed by atoms with Gasteiger partial charge in [-0.05, 0) is 46.7 Å². The van der Waals surface area contributed by atoms with Crippen molar-refractivity contribution in [1.82, 2.24) is 4.98 Å². The van der Waals surface area contributed by atoms with Gasteiger partial charge in [-0.3, -0.25) is 14.8 Å². The maximum Gasteiger partial charge on any atom is 0.416 e. The number of hydrogen-bond acceptors (Lipinski definition) is 4. The van der Waals surface area contributed by atoms with Gasteiger partial charge in [0, 0.05) is 18.2 Å². The highest BCUT2D eigenvalue weighted by Gasteiger charge is 2.34. The smallest absolute Gasteiger partial charge is 0.416 e. The van der Waals surface area contributed by atoms with E-state index in [1.165, 1.54) is 0 Å². The number of H-pyrrole nitrogens is 1. The minimum absolute atomic E-state index is 0.131. The fourth-order valence-corrected chi connectivity index (χ4v) is 3.98. The van der Waals surface area contributed by atoms with E-state index in [2.05, 4.69) is 9.98 Å². The van der Waals surface area contributed by atoms with E-state index in [1.807, 2.05) is 0 Å². The van der Waals surface area contributed by atoms with Crippen molar-refractivity contribution in [3.63, 3.8) is 0 Å². The van der Waals surface area contributed by atoms with Crippen molar-refractivity contribution < 1.29 is 22.7 Å². The van der Waals surface area contributed by atoms with Gasteiger partial charge in [-0.15, -0.1) is 0 Å². The molecule has 0 amide bonds. The molecule has 3 aromatic rings. The standard InChI is InChI=1S/C20H12F4N2O2S/c21-13-3-1-11(15(9-13)20(22,23)24)8-14(17-18(27)26-19(28)29-17)10-2-4-16-12(7-10)5-6-25-16/h1-7,9,27H,8H2,(H,26,28). The molecule has 2 aromatic carbocycles. The van der Waals surface area contributed by atoms with Crippen LogP contribution >= 0.6 is 11.3 Å². The zero-order valence-electron chi connectivity index (χ0n) is 14.5. The quantitative estimate of drug-likeness (QED) is 0.639. The van der Waals surface area contributed by atoms with Crippen molar-refractivity contribution in [3.05, 3.63) is 90.2 Å². The van der Waals surface area contributed by atoms with Gasteiger partial charge in [0.2, 0.25) is 5.88 Å². The third kappa shape index (κ3) is 3.73. The molecule has 0 fully saturated rings. The van der Waals surface area contributed by atoms with Crippen molar-refractivity contribution in [2.24, 2.45) is 4.99 Å². The van der Waals surface area contributed by atoms with Crippen molar-refractivity contribution in [2.45, 2.75) is 12.6 Å². The summed E-state index contributed by atoms with van der Waals surface area (Å²) in [6.45, 7) is 0. The van der Waals surface area contributed by atoms with Gasteiger partial charge in [-0.1, -0.05) is 23.5 Å². The van der Waals surface area contributed by atoms with E-state index in [0.717, 1.165) is 17.7 Å². The lowest BCUT2D eigenvalue weighted by atomic mass is 9.96. The average Bonchev–Trinajstić information content (AvgIpc) is 3.25. The Labute approximate surface area is 164 Å². The van der Waals surface area contributed by atoms with Crippen LogP contribution in [0, 0.1) is 5.82 Å². The minimum atomic E-state index is -4.75. The predicted molar refractivity (Wildman–Crippen MR) is 100 cm³/mol. The molecule has 4 rings (SSSR count). The predicted octanol–water partition coefficient (Wildman–Crippen LogP) is 3.35. The van der Waals surface area contributed by atoms with E-state index in [4.69, 9.17) is 0 Å². The van der Waals surface area contributed by atoms with Crippen molar-refractivity contribution in [2.75, 3.05) is 0 Å². The molecule has 0 unspecified atom stereocenters. The SMILES string of the molecule is O=c1[nH]c(O)c(C(Cc2ccc(F)cc2C(F)(F)F)=c2ccc3c(c2)C=CN=3)s1. The maximum atomic E-state index is 13.5. The third-order valence-electron chi connectivity index (χ3n) is 4.49. The fraction of sp³-hybridized carbons (Fsp3) is 0.100. The summed E-state index contributed by atoms with van der Waals surface area (Å²) in [6.07, 6.45) is -1.68. The van der Waals surface area contributed by atoms with Crippen LogP contribution in [-0.2, 0) is 12.6 Å². The number of nitrogens with zero attached hydrogens (tertiary/aromatic N) is 1. The monoisotopic (exact) mass is 420 g/mol. The molecule has 4 nitrogen and oxygen atoms in total. The summed E-state index contributed by atoms with van der Waals surface area (Å²) in [5, 5.41) is 11.4. The number of rotatable bonds is 3. The average molecular weight is 420 g/mol. The van der Waals surface area contributed by atoms with Crippen molar-refractivity contribution in [3.8, 4) is 5.88 Å². The Morgan fingerprint density at radius 2 is 1.97 bits per heavy atom. The largest absolute Gasteiger partial charge is 0.493 e. The molecule has 29 heavy (non-hydrogen) atoms. The van der Waals surface area contributed by atoms with E-state index < -0.39 is 28.3 Å². The van der Waals surface area contributed by atoms with Crippen molar-refractivity contribution >= 4 is 23.0 Å². The molecule has 0 atom stereocenters. The molecule has 0 saturated carbocycles. The topological polar surface area (TPSA) is 65.5 Å². The molecular weight excluding hydrogens is 408 g/mol. The van der Waals surface area contributed by atoms with E-state index in [9.17, 15) is 27.5 Å². The van der Waals surface area contributed by atoms with Gasteiger partial charge in [0.15, 0.2) is 0 Å². The van der Waals surface area contributed by atoms with Crippen LogP contribution in [-0.4, -0.2) is 10.1 Å². The first kappa shape index (κ1) is 19.1. The van der Waals surface area contributed by atoms with Gasteiger partial charge in [0.05, 0.1) is 15.8 Å². The molecule has 1 aromatic heterocycles. The van der Waals surface area contributed by atoms with Crippen LogP contribution in [0.15, 0.2) is 52.4 Å². The second-order valence-corrected chi connectivity index (χ2v) is 7.35. The van der Waals surface area contributed by atoms with Crippen LogP contribution < -0.4 is 15.4 Å². The third-order valence-corrected chi connectivity index (χ3v) is 5.42. The maximum absolute atomic E-state index is 13.5. The lowest BCUT2D eigenvalue weighted by molar-refractivity contribution is -0.138. The Hall–Kier alpha value is -3.20. The summed E-state index contributed by atoms with van der Waals surface area (Å²) in [5.74, 6) is -1.42. The highest BCUT2D eigenvalue weighted by molar-refractivity contribution is 7.10. The Kier molecular flexibility index (Phi) is 4.62. The van der Waals surface area contributed by atoms with Crippen LogP contribution in [0.2, 0.25) is 0 Å². The number of hydrogen-bond donors (Lipinski definition) is 2. The lowest BCUT2D eigenvalue weighted by Crippen LogP contribution is -2.16. The molecule has 2 heterocycles. The molecule has 0 aliphatic carbocycles. The zero-order valence-corrected chi connectivity index (χ0v) is 15.4. The minimum Gasteiger partial charge on any atom is -0.493 e. The Balaban J connectivity index is 1.96. The molecule has 0 bridgehead atoms. The Bertz CT molecular complexity index is 1320. The number of nitrogens with one attached hydrogen (secondary N) is 1. The van der Waals surface area contributed by atoms with E-state index in [-0.39, 0.29) is 16.9 Å². The summed E-state index contributed by atoms with van der Waals surface area (Å²) in [6, 6.07) is 7.53. The number of aromatic hydroxyl groups is 1. The van der Waals surface area contributed by atoms with E-state index >= 15 is 0 Å². The van der Waals surface area contributed by atoms with Crippen molar-refractivity contribution in [1.29, 1.82) is 0 Å². The van der Waals surface area contributed by atoms with Gasteiger partial charge >= 0.3 is 11.0 Å². The van der Waals surface area contributed by atoms with Gasteiger partial charge in [-0.25, -0.2) is 4.39 Å². The second kappa shape index (κ2) is 7.00. The number of alkyl halides is 3. The summed E-state index contributed by atoms with van der Waals surface area (Å²) >= 11 is 0.691. The first-order valence-corrected chi connectivity index (χ1v) is 9.20. The summed E-state index contributed by atoms with van der Waals surface area (Å²) in [7, 11) is 0. The molecule has 0 spiro atoms. The molecule has 2 N–H and O–H groups in total. The second-order valence-electron chi connectivity index (χ2n) is 6.37. The Morgan fingerprint density at radius 1 is 1.17 bits per heavy atom. The normalized spacial score (nSPS) is 13.9. The van der Waals surface area contributed by atoms with E-state index in [1.54, 1.807) is 30.5 Å². The van der Waals surface area contributed by atoms with Gasteiger partial charge in [0.25, 0.3) is 0 Å². The molecule has 0 radical (unpaired) electrons. The van der Waals surface area contributed by atoms with Gasteiger partial charge in [-0.2, -0.15) is 13.2 Å². The summed E-state index contributed by atoms with van der Waals surface area (Å²) < 4.78 is 53.8. The molecule has 1 aliphatic rings. The number of aromatic amines is 1. The van der Waals surface area contributed by atoms with Crippen LogP contribution in [0.25, 0.3) is 11.6 Å². The lowest BCUT2D eigenvalue weighted by Gasteiger charge is -2.14. The molecule has 0 saturated heterocycles. The number of halogens is 4. The summed E-state index contributed by atoms with van der Waals surface area (Å²) in [5.41, 5.74) is -0.202. The Morgan fingerprint density at radius 3 is 2.66 bits per heavy atom. The molecule has 1 aliphatic heterocycles. The fourth-order valence-electron chi connectivity index (χ4n) is 3.19. The highest BCUT2D eigenvalue weighted by Crippen LogP contribution is 2.35. The number of thiazole rings is 1. The number of fused-ring (bicyclic) bond motifs is 1. The first-order valence-electron chi connectivity index (χ1n) is 8.38. The van der Waals surface area contributed by atoms with Crippen LogP contribution in [0.3, 0.4) is 0 Å². The first-order chi connectivity index (χ1) is 13.7. The highest BCUT2D eigenvalue weighted by atomic mass is 32.1. The number of benzene rings is 2. The summed E-state index contributed by atoms with van der Waals surface area (Å²) in [4.78, 5) is 17.7. The van der Waals surface area contributed by atoms with Gasteiger partial charge in [0.1, 0.15) is 5.82 Å². The molecule has 9 heteroatoms. The molecule has 148 valence electrons. The molecular formula is C20H12F4N2O2S.